The number of nitrogens with zero attached hydrogens (tertiary/aromatic N) is 1. The van der Waals surface area contributed by atoms with Crippen LogP contribution in [-0.2, 0) is 17.4 Å². The number of hydrogen-bond acceptors (Lipinski definition) is 2. The zero-order valence-electron chi connectivity index (χ0n) is 16.1. The standard InChI is InChI=1S/C22H17F5N2O/c1-12-5-15(6-13(2)28-12)16-7-17(22(25,26)27)10-19(8-16)29-21(30)9-14-3-4-18(23)11-20(14)24/h3-8,10-11H,9H2,1-2H3,(H,29,30). The molecule has 0 saturated heterocycles. The molecule has 0 bridgehead atoms. The summed E-state index contributed by atoms with van der Waals surface area (Å²) in [5.41, 5.74) is 0.962. The summed E-state index contributed by atoms with van der Waals surface area (Å²) < 4.78 is 66.9. The molecule has 8 heteroatoms. The fraction of sp³-hybridized carbons (Fsp3) is 0.182. The van der Waals surface area contributed by atoms with E-state index >= 15 is 0 Å². The third-order valence-electron chi connectivity index (χ3n) is 4.33. The zero-order chi connectivity index (χ0) is 22.1. The molecular weight excluding hydrogens is 403 g/mol. The molecule has 1 heterocycles. The molecule has 2 aromatic carbocycles. The van der Waals surface area contributed by atoms with Crippen LogP contribution in [-0.4, -0.2) is 10.9 Å². The Morgan fingerprint density at radius 3 is 2.17 bits per heavy atom. The van der Waals surface area contributed by atoms with Crippen molar-refractivity contribution in [3.63, 3.8) is 0 Å². The van der Waals surface area contributed by atoms with E-state index in [0.29, 0.717) is 23.0 Å². The molecule has 0 fully saturated rings. The van der Waals surface area contributed by atoms with Crippen LogP contribution in [0.4, 0.5) is 27.6 Å². The highest BCUT2D eigenvalue weighted by atomic mass is 19.4. The summed E-state index contributed by atoms with van der Waals surface area (Å²) >= 11 is 0. The van der Waals surface area contributed by atoms with Crippen molar-refractivity contribution in [3.8, 4) is 11.1 Å². The van der Waals surface area contributed by atoms with Gasteiger partial charge in [0, 0.05) is 23.1 Å². The van der Waals surface area contributed by atoms with Gasteiger partial charge in [-0.15, -0.1) is 0 Å². The Morgan fingerprint density at radius 1 is 0.933 bits per heavy atom. The fourth-order valence-corrected chi connectivity index (χ4v) is 3.07. The Balaban J connectivity index is 1.94. The van der Waals surface area contributed by atoms with Crippen LogP contribution in [0.3, 0.4) is 0 Å². The summed E-state index contributed by atoms with van der Waals surface area (Å²) in [6.45, 7) is 3.45. The molecule has 0 aliphatic carbocycles. The van der Waals surface area contributed by atoms with E-state index < -0.39 is 35.7 Å². The number of aromatic nitrogens is 1. The van der Waals surface area contributed by atoms with Gasteiger partial charge in [-0.2, -0.15) is 13.2 Å². The van der Waals surface area contributed by atoms with Crippen LogP contribution in [0.1, 0.15) is 22.5 Å². The number of halogens is 5. The summed E-state index contributed by atoms with van der Waals surface area (Å²) in [6, 6.07) is 9.24. The van der Waals surface area contributed by atoms with Crippen molar-refractivity contribution in [2.75, 3.05) is 5.32 Å². The number of alkyl halides is 3. The van der Waals surface area contributed by atoms with E-state index in [2.05, 4.69) is 10.3 Å². The lowest BCUT2D eigenvalue weighted by atomic mass is 10.0. The maximum Gasteiger partial charge on any atom is 0.416 e. The van der Waals surface area contributed by atoms with Gasteiger partial charge >= 0.3 is 6.18 Å². The molecule has 0 radical (unpaired) electrons. The van der Waals surface area contributed by atoms with Gasteiger partial charge in [-0.25, -0.2) is 8.78 Å². The topological polar surface area (TPSA) is 42.0 Å². The number of pyridine rings is 1. The quantitative estimate of drug-likeness (QED) is 0.539. The number of carbonyl (C=O) groups is 1. The number of hydrogen-bond donors (Lipinski definition) is 1. The van der Waals surface area contributed by atoms with E-state index in [1.807, 2.05) is 0 Å². The van der Waals surface area contributed by atoms with Gasteiger partial charge in [0.15, 0.2) is 0 Å². The molecule has 0 atom stereocenters. The molecular formula is C22H17F5N2O. The van der Waals surface area contributed by atoms with E-state index in [1.54, 1.807) is 26.0 Å². The normalized spacial score (nSPS) is 11.4. The van der Waals surface area contributed by atoms with E-state index in [-0.39, 0.29) is 16.8 Å². The van der Waals surface area contributed by atoms with Gasteiger partial charge in [0.2, 0.25) is 5.91 Å². The maximum atomic E-state index is 13.8. The Labute approximate surface area is 169 Å². The van der Waals surface area contributed by atoms with Crippen LogP contribution in [0.2, 0.25) is 0 Å². The number of carbonyl (C=O) groups excluding carboxylic acids is 1. The van der Waals surface area contributed by atoms with Crippen LogP contribution in [0.5, 0.6) is 0 Å². The Morgan fingerprint density at radius 2 is 1.57 bits per heavy atom. The van der Waals surface area contributed by atoms with Crippen molar-refractivity contribution in [1.29, 1.82) is 0 Å². The highest BCUT2D eigenvalue weighted by Gasteiger charge is 2.31. The predicted molar refractivity (Wildman–Crippen MR) is 103 cm³/mol. The van der Waals surface area contributed by atoms with Gasteiger partial charge in [0.05, 0.1) is 12.0 Å². The van der Waals surface area contributed by atoms with Gasteiger partial charge in [0.1, 0.15) is 11.6 Å². The van der Waals surface area contributed by atoms with E-state index in [1.165, 1.54) is 6.07 Å². The Kier molecular flexibility index (Phi) is 5.87. The molecule has 30 heavy (non-hydrogen) atoms. The van der Waals surface area contributed by atoms with Gasteiger partial charge in [0.25, 0.3) is 0 Å². The molecule has 1 aromatic heterocycles. The van der Waals surface area contributed by atoms with Gasteiger partial charge in [-0.05, 0) is 66.9 Å². The highest BCUT2D eigenvalue weighted by molar-refractivity contribution is 5.93. The molecule has 0 saturated carbocycles. The number of benzene rings is 2. The van der Waals surface area contributed by atoms with Crippen molar-refractivity contribution < 1.29 is 26.7 Å². The van der Waals surface area contributed by atoms with Crippen LogP contribution in [0, 0.1) is 25.5 Å². The molecule has 0 aliphatic rings. The number of aryl methyl sites for hydroxylation is 2. The molecule has 1 amide bonds. The fourth-order valence-electron chi connectivity index (χ4n) is 3.07. The van der Waals surface area contributed by atoms with E-state index in [0.717, 1.165) is 24.3 Å². The molecule has 3 aromatic rings. The first-order valence-electron chi connectivity index (χ1n) is 8.93. The van der Waals surface area contributed by atoms with Crippen LogP contribution < -0.4 is 5.32 Å². The molecule has 0 aliphatic heterocycles. The molecule has 0 unspecified atom stereocenters. The van der Waals surface area contributed by atoms with Crippen LogP contribution in [0.25, 0.3) is 11.1 Å². The third-order valence-corrected chi connectivity index (χ3v) is 4.33. The highest BCUT2D eigenvalue weighted by Crippen LogP contribution is 2.35. The minimum atomic E-state index is -4.63. The molecule has 1 N–H and O–H groups in total. The molecule has 3 nitrogen and oxygen atoms in total. The summed E-state index contributed by atoms with van der Waals surface area (Å²) in [7, 11) is 0. The lowest BCUT2D eigenvalue weighted by Gasteiger charge is -2.14. The minimum Gasteiger partial charge on any atom is -0.326 e. The number of anilines is 1. The Bertz CT molecular complexity index is 1090. The first-order valence-corrected chi connectivity index (χ1v) is 8.93. The second-order valence-electron chi connectivity index (χ2n) is 6.90. The average Bonchev–Trinajstić information content (AvgIpc) is 2.62. The summed E-state index contributed by atoms with van der Waals surface area (Å²) in [6.07, 6.45) is -5.08. The van der Waals surface area contributed by atoms with Gasteiger partial charge in [-0.3, -0.25) is 9.78 Å². The molecule has 0 spiro atoms. The van der Waals surface area contributed by atoms with Gasteiger partial charge < -0.3 is 5.32 Å². The first-order chi connectivity index (χ1) is 14.0. The summed E-state index contributed by atoms with van der Waals surface area (Å²) in [5, 5.41) is 2.37. The predicted octanol–water partition coefficient (Wildman–Crippen LogP) is 5.84. The Hall–Kier alpha value is -3.29. The number of nitrogens with one attached hydrogen (secondary N) is 1. The van der Waals surface area contributed by atoms with E-state index in [4.69, 9.17) is 0 Å². The van der Waals surface area contributed by atoms with Crippen LogP contribution in [0.15, 0.2) is 48.5 Å². The lowest BCUT2D eigenvalue weighted by molar-refractivity contribution is -0.137. The molecule has 156 valence electrons. The summed E-state index contributed by atoms with van der Waals surface area (Å²) in [5.74, 6) is -2.42. The molecule has 3 rings (SSSR count). The van der Waals surface area contributed by atoms with Gasteiger partial charge in [-0.1, -0.05) is 6.07 Å². The van der Waals surface area contributed by atoms with Crippen molar-refractivity contribution in [2.45, 2.75) is 26.4 Å². The second kappa shape index (κ2) is 8.22. The van der Waals surface area contributed by atoms with Crippen molar-refractivity contribution in [3.05, 3.63) is 82.7 Å². The van der Waals surface area contributed by atoms with Crippen molar-refractivity contribution in [1.82, 2.24) is 4.98 Å². The lowest BCUT2D eigenvalue weighted by Crippen LogP contribution is -2.16. The summed E-state index contributed by atoms with van der Waals surface area (Å²) in [4.78, 5) is 16.5. The van der Waals surface area contributed by atoms with E-state index in [9.17, 15) is 26.7 Å². The monoisotopic (exact) mass is 420 g/mol. The number of rotatable bonds is 4. The average molecular weight is 420 g/mol. The first kappa shape index (κ1) is 21.4. The second-order valence-corrected chi connectivity index (χ2v) is 6.90. The van der Waals surface area contributed by atoms with Crippen molar-refractivity contribution in [2.24, 2.45) is 0 Å². The maximum absolute atomic E-state index is 13.8. The minimum absolute atomic E-state index is 0.0681. The third kappa shape index (κ3) is 5.20. The number of amides is 1. The SMILES string of the molecule is Cc1cc(-c2cc(NC(=O)Cc3ccc(F)cc3F)cc(C(F)(F)F)c2)cc(C)n1. The smallest absolute Gasteiger partial charge is 0.326 e. The van der Waals surface area contributed by atoms with Crippen LogP contribution >= 0.6 is 0 Å². The van der Waals surface area contributed by atoms with Crippen molar-refractivity contribution >= 4 is 11.6 Å². The largest absolute Gasteiger partial charge is 0.416 e. The zero-order valence-corrected chi connectivity index (χ0v) is 16.1.